The van der Waals surface area contributed by atoms with Crippen molar-refractivity contribution in [2.24, 2.45) is 7.05 Å². The Morgan fingerprint density at radius 3 is 2.82 bits per heavy atom. The van der Waals surface area contributed by atoms with Crippen LogP contribution in [0.4, 0.5) is 0 Å². The minimum atomic E-state index is -3.51. The molecule has 1 aliphatic heterocycles. The summed E-state index contributed by atoms with van der Waals surface area (Å²) in [5.74, 6) is 0. The number of hydrogen-bond donors (Lipinski definition) is 1. The van der Waals surface area contributed by atoms with Gasteiger partial charge in [0.25, 0.3) is 5.56 Å². The van der Waals surface area contributed by atoms with Crippen molar-refractivity contribution < 1.29 is 8.42 Å². The molecule has 3 rings (SSSR count). The van der Waals surface area contributed by atoms with Crippen LogP contribution < -0.4 is 5.56 Å². The van der Waals surface area contributed by atoms with Crippen molar-refractivity contribution in [3.05, 3.63) is 39.8 Å². The fourth-order valence-corrected chi connectivity index (χ4v) is 3.10. The fraction of sp³-hybridized carbons (Fsp3) is 0.462. The third kappa shape index (κ3) is 2.95. The lowest BCUT2D eigenvalue weighted by atomic mass is 10.1. The zero-order chi connectivity index (χ0) is 15.9. The average molecular weight is 323 g/mol. The van der Waals surface area contributed by atoms with Crippen molar-refractivity contribution in [3.63, 3.8) is 0 Å². The molecule has 118 valence electrons. The highest BCUT2D eigenvalue weighted by molar-refractivity contribution is 7.90. The van der Waals surface area contributed by atoms with Gasteiger partial charge in [0, 0.05) is 45.6 Å². The Labute approximate surface area is 127 Å². The van der Waals surface area contributed by atoms with E-state index in [1.54, 1.807) is 6.33 Å². The molecule has 0 fully saturated rings. The second-order valence-electron chi connectivity index (χ2n) is 5.56. The van der Waals surface area contributed by atoms with Gasteiger partial charge in [-0.2, -0.15) is 0 Å². The summed E-state index contributed by atoms with van der Waals surface area (Å²) in [5.41, 5.74) is 1.66. The predicted molar refractivity (Wildman–Crippen MR) is 79.0 cm³/mol. The standard InChI is InChI=1S/C13H17N5O3S/c1-17-5-9(14-8-17)6-18-4-3-11-10(7-18)12(19)16-13(15-11)22(2,20)21/h5,8H,3-4,6-7H2,1-2H3,(H,15,16,19). The Kier molecular flexibility index (Phi) is 3.61. The van der Waals surface area contributed by atoms with E-state index in [9.17, 15) is 13.2 Å². The number of nitrogens with zero attached hydrogens (tertiary/aromatic N) is 4. The van der Waals surface area contributed by atoms with Crippen LogP contribution >= 0.6 is 0 Å². The summed E-state index contributed by atoms with van der Waals surface area (Å²) in [7, 11) is -1.61. The molecular weight excluding hydrogens is 306 g/mol. The fourth-order valence-electron chi connectivity index (χ4n) is 2.55. The summed E-state index contributed by atoms with van der Waals surface area (Å²) in [4.78, 5) is 25.0. The van der Waals surface area contributed by atoms with E-state index in [1.165, 1.54) is 0 Å². The molecule has 0 aliphatic carbocycles. The Bertz CT molecular complexity index is 868. The van der Waals surface area contributed by atoms with E-state index in [-0.39, 0.29) is 10.7 Å². The van der Waals surface area contributed by atoms with Crippen LogP contribution in [0.1, 0.15) is 17.0 Å². The van der Waals surface area contributed by atoms with Crippen molar-refractivity contribution >= 4 is 9.84 Å². The lowest BCUT2D eigenvalue weighted by Crippen LogP contribution is -2.36. The van der Waals surface area contributed by atoms with Gasteiger partial charge in [-0.25, -0.2) is 18.4 Å². The third-order valence-corrected chi connectivity index (χ3v) is 4.52. The molecule has 0 amide bonds. The maximum atomic E-state index is 12.1. The van der Waals surface area contributed by atoms with E-state index in [4.69, 9.17) is 0 Å². The number of aromatic amines is 1. The number of fused-ring (bicyclic) bond motifs is 1. The third-order valence-electron chi connectivity index (χ3n) is 3.62. The molecule has 0 saturated carbocycles. The SMILES string of the molecule is Cn1cnc(CN2CCc3nc(S(C)(=O)=O)[nH]c(=O)c3C2)c1. The van der Waals surface area contributed by atoms with Crippen LogP contribution in [0.25, 0.3) is 0 Å². The summed E-state index contributed by atoms with van der Waals surface area (Å²) >= 11 is 0. The van der Waals surface area contributed by atoms with E-state index in [0.29, 0.717) is 37.3 Å². The summed E-state index contributed by atoms with van der Waals surface area (Å²) < 4.78 is 24.9. The number of aryl methyl sites for hydroxylation is 1. The molecule has 0 atom stereocenters. The van der Waals surface area contributed by atoms with Crippen LogP contribution in [0.3, 0.4) is 0 Å². The van der Waals surface area contributed by atoms with Crippen LogP contribution in [0.15, 0.2) is 22.5 Å². The van der Waals surface area contributed by atoms with E-state index in [2.05, 4.69) is 19.9 Å². The van der Waals surface area contributed by atoms with Crippen molar-refractivity contribution in [2.75, 3.05) is 12.8 Å². The summed E-state index contributed by atoms with van der Waals surface area (Å²) in [6.45, 7) is 1.80. The lowest BCUT2D eigenvalue weighted by molar-refractivity contribution is 0.238. The number of hydrogen-bond acceptors (Lipinski definition) is 6. The molecule has 22 heavy (non-hydrogen) atoms. The average Bonchev–Trinajstić information content (AvgIpc) is 2.83. The van der Waals surface area contributed by atoms with E-state index in [1.807, 2.05) is 17.8 Å². The van der Waals surface area contributed by atoms with Crippen molar-refractivity contribution in [2.45, 2.75) is 24.7 Å². The van der Waals surface area contributed by atoms with Crippen LogP contribution in [-0.4, -0.2) is 45.6 Å². The van der Waals surface area contributed by atoms with Gasteiger partial charge in [0.2, 0.25) is 15.0 Å². The zero-order valence-electron chi connectivity index (χ0n) is 12.4. The minimum absolute atomic E-state index is 0.255. The van der Waals surface area contributed by atoms with Crippen molar-refractivity contribution in [1.29, 1.82) is 0 Å². The number of H-pyrrole nitrogens is 1. The minimum Gasteiger partial charge on any atom is -0.340 e. The van der Waals surface area contributed by atoms with Crippen molar-refractivity contribution in [3.8, 4) is 0 Å². The van der Waals surface area contributed by atoms with Crippen LogP contribution in [0.2, 0.25) is 0 Å². The number of imidazole rings is 1. The van der Waals surface area contributed by atoms with Crippen molar-refractivity contribution in [1.82, 2.24) is 24.4 Å². The second-order valence-corrected chi connectivity index (χ2v) is 7.49. The molecule has 2 aromatic heterocycles. The quantitative estimate of drug-likeness (QED) is 0.762. The normalized spacial score (nSPS) is 15.7. The molecule has 2 aromatic rings. The maximum absolute atomic E-state index is 12.1. The van der Waals surface area contributed by atoms with Gasteiger partial charge >= 0.3 is 0 Å². The first-order chi connectivity index (χ1) is 10.3. The molecule has 0 radical (unpaired) electrons. The first-order valence-electron chi connectivity index (χ1n) is 6.84. The molecule has 9 heteroatoms. The smallest absolute Gasteiger partial charge is 0.256 e. The highest BCUT2D eigenvalue weighted by Crippen LogP contribution is 2.16. The second kappa shape index (κ2) is 5.33. The Balaban J connectivity index is 1.86. The van der Waals surface area contributed by atoms with E-state index >= 15 is 0 Å². The lowest BCUT2D eigenvalue weighted by Gasteiger charge is -2.26. The van der Waals surface area contributed by atoms with Gasteiger partial charge in [0.15, 0.2) is 0 Å². The number of nitrogens with one attached hydrogen (secondary N) is 1. The van der Waals surface area contributed by atoms with Gasteiger partial charge in [-0.1, -0.05) is 0 Å². The Hall–Kier alpha value is -2.00. The summed E-state index contributed by atoms with van der Waals surface area (Å²) in [6.07, 6.45) is 5.26. The largest absolute Gasteiger partial charge is 0.340 e. The van der Waals surface area contributed by atoms with Crippen LogP contribution in [0.5, 0.6) is 0 Å². The van der Waals surface area contributed by atoms with Crippen LogP contribution in [0, 0.1) is 0 Å². The topological polar surface area (TPSA) is 101 Å². The number of aromatic nitrogens is 4. The van der Waals surface area contributed by atoms with Gasteiger partial charge in [0.1, 0.15) is 0 Å². The monoisotopic (exact) mass is 323 g/mol. The molecule has 0 aromatic carbocycles. The molecule has 0 bridgehead atoms. The summed E-state index contributed by atoms with van der Waals surface area (Å²) in [5, 5.41) is -0.255. The van der Waals surface area contributed by atoms with E-state index < -0.39 is 9.84 Å². The predicted octanol–water partition coefficient (Wildman–Crippen LogP) is -0.535. The van der Waals surface area contributed by atoms with E-state index in [0.717, 1.165) is 11.9 Å². The molecule has 1 N–H and O–H groups in total. The van der Waals surface area contributed by atoms with Gasteiger partial charge in [-0.3, -0.25) is 14.7 Å². The molecular formula is C13H17N5O3S. The van der Waals surface area contributed by atoms with Gasteiger partial charge < -0.3 is 4.57 Å². The molecule has 3 heterocycles. The molecule has 1 aliphatic rings. The van der Waals surface area contributed by atoms with Gasteiger partial charge in [0.05, 0.1) is 23.3 Å². The molecule has 0 saturated heterocycles. The first kappa shape index (κ1) is 14.9. The van der Waals surface area contributed by atoms with Crippen LogP contribution in [-0.2, 0) is 36.4 Å². The Morgan fingerprint density at radius 1 is 1.41 bits per heavy atom. The first-order valence-corrected chi connectivity index (χ1v) is 8.73. The Morgan fingerprint density at radius 2 is 2.18 bits per heavy atom. The summed E-state index contributed by atoms with van der Waals surface area (Å²) in [6, 6.07) is 0. The molecule has 8 nitrogen and oxygen atoms in total. The number of sulfone groups is 1. The zero-order valence-corrected chi connectivity index (χ0v) is 13.2. The molecule has 0 spiro atoms. The maximum Gasteiger partial charge on any atom is 0.256 e. The molecule has 0 unspecified atom stereocenters. The number of rotatable bonds is 3. The highest BCUT2D eigenvalue weighted by atomic mass is 32.2. The van der Waals surface area contributed by atoms with Gasteiger partial charge in [-0.15, -0.1) is 0 Å². The van der Waals surface area contributed by atoms with Gasteiger partial charge in [-0.05, 0) is 0 Å². The highest BCUT2D eigenvalue weighted by Gasteiger charge is 2.23.